The van der Waals surface area contributed by atoms with E-state index in [0.717, 1.165) is 5.56 Å². The van der Waals surface area contributed by atoms with Gasteiger partial charge >= 0.3 is 5.97 Å². The highest BCUT2D eigenvalue weighted by atomic mass is 32.2. The van der Waals surface area contributed by atoms with Crippen LogP contribution in [0.3, 0.4) is 0 Å². The van der Waals surface area contributed by atoms with E-state index in [1.165, 1.54) is 10.5 Å². The maximum Gasteiger partial charge on any atom is 0.323 e. The molecule has 0 radical (unpaired) electrons. The van der Waals surface area contributed by atoms with Gasteiger partial charge in [0.15, 0.2) is 22.8 Å². The van der Waals surface area contributed by atoms with Crippen molar-refractivity contribution < 1.29 is 36.9 Å². The highest BCUT2D eigenvalue weighted by Gasteiger charge is 2.33. The van der Waals surface area contributed by atoms with Crippen LogP contribution < -0.4 is 14.2 Å². The number of morpholine rings is 1. The van der Waals surface area contributed by atoms with Gasteiger partial charge in [-0.2, -0.15) is 4.31 Å². The lowest BCUT2D eigenvalue weighted by atomic mass is 10.1. The summed E-state index contributed by atoms with van der Waals surface area (Å²) in [5, 5.41) is 0. The summed E-state index contributed by atoms with van der Waals surface area (Å²) in [6, 6.07) is 7.20. The minimum Gasteiger partial charge on any atom is -0.493 e. The Morgan fingerprint density at radius 2 is 1.85 bits per heavy atom. The first kappa shape index (κ1) is 28.5. The van der Waals surface area contributed by atoms with E-state index in [-0.39, 0.29) is 32.2 Å². The van der Waals surface area contributed by atoms with Gasteiger partial charge in [0.1, 0.15) is 18.3 Å². The Balaban J connectivity index is 1.51. The number of methoxy groups -OCH3 is 2. The Labute approximate surface area is 227 Å². The number of benzene rings is 1. The molecule has 0 N–H and O–H groups in total. The van der Waals surface area contributed by atoms with Crippen LogP contribution in [0.15, 0.2) is 36.7 Å². The van der Waals surface area contributed by atoms with Crippen molar-refractivity contribution in [1.82, 2.24) is 19.3 Å². The molecule has 3 heterocycles. The number of hydrogen-bond donors (Lipinski definition) is 0. The quantitative estimate of drug-likeness (QED) is 0.357. The van der Waals surface area contributed by atoms with E-state index in [4.69, 9.17) is 23.7 Å². The molecule has 1 aliphatic rings. The molecule has 0 amide bonds. The molecule has 0 unspecified atom stereocenters. The smallest absolute Gasteiger partial charge is 0.323 e. The van der Waals surface area contributed by atoms with Crippen molar-refractivity contribution in [1.29, 1.82) is 0 Å². The summed E-state index contributed by atoms with van der Waals surface area (Å²) in [5.41, 5.74) is 1.56. The summed E-state index contributed by atoms with van der Waals surface area (Å²) >= 11 is 0. The van der Waals surface area contributed by atoms with Crippen molar-refractivity contribution in [2.24, 2.45) is 0 Å². The van der Waals surface area contributed by atoms with Crippen molar-refractivity contribution in [3.8, 4) is 28.6 Å². The molecule has 0 saturated carbocycles. The van der Waals surface area contributed by atoms with Crippen molar-refractivity contribution in [3.63, 3.8) is 0 Å². The zero-order valence-corrected chi connectivity index (χ0v) is 23.4. The second-order valence-electron chi connectivity index (χ2n) is 9.81. The minimum atomic E-state index is -3.90. The minimum absolute atomic E-state index is 0.00647. The molecule has 1 aromatic carbocycles. The Bertz CT molecular complexity index is 1440. The molecule has 210 valence electrons. The van der Waals surface area contributed by atoms with Crippen LogP contribution >= 0.6 is 0 Å². The molecule has 1 aliphatic heterocycles. The van der Waals surface area contributed by atoms with Gasteiger partial charge in [-0.05, 0) is 45.0 Å². The molecule has 0 aliphatic carbocycles. The van der Waals surface area contributed by atoms with Crippen molar-refractivity contribution in [2.75, 3.05) is 46.3 Å². The Hall–Kier alpha value is -3.55. The predicted octanol–water partition coefficient (Wildman–Crippen LogP) is 2.46. The molecule has 1 saturated heterocycles. The molecule has 3 aromatic rings. The number of aromatic nitrogens is 3. The maximum absolute atomic E-state index is 12.9. The molecule has 0 spiro atoms. The molecule has 2 aromatic heterocycles. The number of fused-ring (bicyclic) bond motifs is 1. The predicted molar refractivity (Wildman–Crippen MR) is 142 cm³/mol. The third-order valence-corrected chi connectivity index (χ3v) is 7.44. The van der Waals surface area contributed by atoms with Crippen LogP contribution in [-0.2, 0) is 24.3 Å². The SMILES string of the molecule is COc1ccc(-c2cc3nccnc3c(OC[C@@H]3CN(S(=O)(=O)CC(=O)OC(C)(C)C)CCO3)n2)cc1OC. The lowest BCUT2D eigenvalue weighted by molar-refractivity contribution is -0.151. The lowest BCUT2D eigenvalue weighted by Crippen LogP contribution is -2.49. The number of rotatable bonds is 9. The largest absolute Gasteiger partial charge is 0.493 e. The number of hydrogen-bond acceptors (Lipinski definition) is 11. The van der Waals surface area contributed by atoms with Gasteiger partial charge in [0, 0.05) is 31.0 Å². The van der Waals surface area contributed by atoms with Crippen LogP contribution in [0.5, 0.6) is 17.4 Å². The van der Waals surface area contributed by atoms with Crippen molar-refractivity contribution >= 4 is 27.0 Å². The van der Waals surface area contributed by atoms with Gasteiger partial charge in [-0.25, -0.2) is 18.4 Å². The Morgan fingerprint density at radius 1 is 1.10 bits per heavy atom. The normalized spacial score (nSPS) is 16.6. The van der Waals surface area contributed by atoms with Crippen LogP contribution in [0.1, 0.15) is 20.8 Å². The fourth-order valence-corrected chi connectivity index (χ4v) is 5.30. The molecule has 0 bridgehead atoms. The highest BCUT2D eigenvalue weighted by Crippen LogP contribution is 2.34. The van der Waals surface area contributed by atoms with Gasteiger partial charge in [-0.15, -0.1) is 0 Å². The van der Waals surface area contributed by atoms with E-state index in [9.17, 15) is 13.2 Å². The lowest BCUT2D eigenvalue weighted by Gasteiger charge is -2.32. The molecule has 4 rings (SSSR count). The van der Waals surface area contributed by atoms with Gasteiger partial charge in [-0.1, -0.05) is 0 Å². The number of carbonyl (C=O) groups is 1. The van der Waals surface area contributed by atoms with E-state index in [2.05, 4.69) is 15.0 Å². The first-order chi connectivity index (χ1) is 18.5. The Morgan fingerprint density at radius 3 is 2.56 bits per heavy atom. The molecule has 12 nitrogen and oxygen atoms in total. The molecule has 39 heavy (non-hydrogen) atoms. The molecule has 13 heteroatoms. The van der Waals surface area contributed by atoms with Crippen LogP contribution in [0.2, 0.25) is 0 Å². The van der Waals surface area contributed by atoms with Gasteiger partial charge in [0.2, 0.25) is 15.9 Å². The molecule has 1 atom stereocenters. The van der Waals surface area contributed by atoms with Crippen LogP contribution in [0, 0.1) is 0 Å². The van der Waals surface area contributed by atoms with E-state index in [0.29, 0.717) is 28.2 Å². The molecule has 1 fully saturated rings. The summed E-state index contributed by atoms with van der Waals surface area (Å²) in [6.07, 6.45) is 2.52. The number of nitrogens with zero attached hydrogens (tertiary/aromatic N) is 4. The van der Waals surface area contributed by atoms with Gasteiger partial charge < -0.3 is 23.7 Å². The van der Waals surface area contributed by atoms with E-state index < -0.39 is 33.5 Å². The first-order valence-corrected chi connectivity index (χ1v) is 13.9. The standard InChI is InChI=1S/C26H32N4O8S/c1-26(2,3)38-23(31)16-39(32,33)30-10-11-36-18(14-30)15-37-25-24-20(27-8-9-28-24)13-19(29-25)17-6-7-21(34-4)22(12-17)35-5/h6-9,12-13,18H,10-11,14-16H2,1-5H3/t18-/m0/s1. The zero-order valence-electron chi connectivity index (χ0n) is 22.5. The van der Waals surface area contributed by atoms with Gasteiger partial charge in [-0.3, -0.25) is 9.78 Å². The number of pyridine rings is 1. The van der Waals surface area contributed by atoms with Crippen LogP contribution in [0.25, 0.3) is 22.3 Å². The second kappa shape index (κ2) is 11.7. The molecular weight excluding hydrogens is 528 g/mol. The van der Waals surface area contributed by atoms with Crippen LogP contribution in [0.4, 0.5) is 0 Å². The summed E-state index contributed by atoms with van der Waals surface area (Å²) in [7, 11) is -0.785. The summed E-state index contributed by atoms with van der Waals surface area (Å²) < 4.78 is 54.6. The Kier molecular flexibility index (Phi) is 8.52. The monoisotopic (exact) mass is 560 g/mol. The molecular formula is C26H32N4O8S. The van der Waals surface area contributed by atoms with E-state index in [1.54, 1.807) is 59.4 Å². The topological polar surface area (TPSA) is 139 Å². The van der Waals surface area contributed by atoms with Gasteiger partial charge in [0.05, 0.1) is 32.0 Å². The highest BCUT2D eigenvalue weighted by molar-refractivity contribution is 7.89. The second-order valence-corrected chi connectivity index (χ2v) is 11.8. The summed E-state index contributed by atoms with van der Waals surface area (Å²) in [4.78, 5) is 25.6. The third kappa shape index (κ3) is 7.11. The average molecular weight is 561 g/mol. The summed E-state index contributed by atoms with van der Waals surface area (Å²) in [6.45, 7) is 5.35. The maximum atomic E-state index is 12.9. The van der Waals surface area contributed by atoms with Crippen LogP contribution in [-0.4, -0.2) is 91.6 Å². The fourth-order valence-electron chi connectivity index (χ4n) is 4.02. The number of carbonyl (C=O) groups excluding carboxylic acids is 1. The number of ether oxygens (including phenoxy) is 5. The van der Waals surface area contributed by atoms with E-state index >= 15 is 0 Å². The average Bonchev–Trinajstić information content (AvgIpc) is 2.89. The third-order valence-electron chi connectivity index (χ3n) is 5.72. The first-order valence-electron chi connectivity index (χ1n) is 12.3. The van der Waals surface area contributed by atoms with E-state index in [1.807, 2.05) is 6.07 Å². The number of sulfonamides is 1. The van der Waals surface area contributed by atoms with Crippen molar-refractivity contribution in [2.45, 2.75) is 32.5 Å². The fraction of sp³-hybridized carbons (Fsp3) is 0.462. The van der Waals surface area contributed by atoms with Crippen molar-refractivity contribution in [3.05, 3.63) is 36.7 Å². The number of esters is 1. The zero-order chi connectivity index (χ0) is 28.2. The summed E-state index contributed by atoms with van der Waals surface area (Å²) in [5.74, 6) is -0.195. The van der Waals surface area contributed by atoms with Gasteiger partial charge in [0.25, 0.3) is 0 Å².